The van der Waals surface area contributed by atoms with Gasteiger partial charge in [-0.25, -0.2) is 9.37 Å². The summed E-state index contributed by atoms with van der Waals surface area (Å²) < 4.78 is 18.7. The summed E-state index contributed by atoms with van der Waals surface area (Å²) in [5.41, 5.74) is 7.01. The normalized spacial score (nSPS) is 10.3. The van der Waals surface area contributed by atoms with Gasteiger partial charge in [-0.3, -0.25) is 0 Å². The second-order valence-electron chi connectivity index (χ2n) is 4.30. The van der Waals surface area contributed by atoms with Crippen LogP contribution >= 0.6 is 0 Å². The molecule has 1 aromatic heterocycles. The number of anilines is 3. The van der Waals surface area contributed by atoms with Crippen LogP contribution in [0.5, 0.6) is 5.88 Å². The Labute approximate surface area is 117 Å². The highest BCUT2D eigenvalue weighted by molar-refractivity contribution is 5.73. The molecule has 0 amide bonds. The zero-order chi connectivity index (χ0) is 14.5. The van der Waals surface area contributed by atoms with E-state index in [9.17, 15) is 4.39 Å². The van der Waals surface area contributed by atoms with Crippen molar-refractivity contribution >= 4 is 17.2 Å². The molecule has 0 spiro atoms. The first-order chi connectivity index (χ1) is 9.63. The predicted molar refractivity (Wildman–Crippen MR) is 76.7 cm³/mol. The van der Waals surface area contributed by atoms with E-state index < -0.39 is 0 Å². The summed E-state index contributed by atoms with van der Waals surface area (Å²) in [4.78, 5) is 9.84. The maximum absolute atomic E-state index is 13.3. The van der Waals surface area contributed by atoms with Gasteiger partial charge in [-0.1, -0.05) is 13.0 Å². The van der Waals surface area contributed by atoms with Crippen molar-refractivity contribution in [1.29, 1.82) is 0 Å². The van der Waals surface area contributed by atoms with Gasteiger partial charge in [0.15, 0.2) is 5.82 Å². The number of halogens is 1. The monoisotopic (exact) mass is 276 g/mol. The lowest BCUT2D eigenvalue weighted by Crippen LogP contribution is -2.15. The largest absolute Gasteiger partial charge is 0.476 e. The minimum Gasteiger partial charge on any atom is -0.476 e. The maximum Gasteiger partial charge on any atom is 0.242 e. The summed E-state index contributed by atoms with van der Waals surface area (Å²) in [6, 6.07) is 6.20. The minimum absolute atomic E-state index is 0.315. The first-order valence-corrected chi connectivity index (χ1v) is 6.36. The van der Waals surface area contributed by atoms with Crippen LogP contribution in [0.25, 0.3) is 0 Å². The molecule has 0 fully saturated rings. The van der Waals surface area contributed by atoms with Gasteiger partial charge >= 0.3 is 0 Å². The molecule has 0 saturated carbocycles. The third kappa shape index (κ3) is 2.96. The van der Waals surface area contributed by atoms with Crippen molar-refractivity contribution < 1.29 is 9.13 Å². The topological polar surface area (TPSA) is 64.3 Å². The highest BCUT2D eigenvalue weighted by atomic mass is 19.1. The van der Waals surface area contributed by atoms with E-state index in [1.165, 1.54) is 18.5 Å². The fraction of sp³-hybridized carbons (Fsp3) is 0.286. The smallest absolute Gasteiger partial charge is 0.242 e. The van der Waals surface area contributed by atoms with Crippen molar-refractivity contribution in [2.75, 3.05) is 24.3 Å². The Bertz CT molecular complexity index is 591. The number of nitrogen functional groups attached to an aromatic ring is 1. The fourth-order valence-corrected chi connectivity index (χ4v) is 1.76. The summed E-state index contributed by atoms with van der Waals surface area (Å²) in [7, 11) is 1.76. The van der Waals surface area contributed by atoms with E-state index in [1.54, 1.807) is 24.1 Å². The van der Waals surface area contributed by atoms with E-state index in [2.05, 4.69) is 9.97 Å². The minimum atomic E-state index is -0.315. The van der Waals surface area contributed by atoms with Crippen LogP contribution in [0.2, 0.25) is 0 Å². The molecule has 0 radical (unpaired) electrons. The van der Waals surface area contributed by atoms with E-state index in [4.69, 9.17) is 10.5 Å². The molecule has 2 N–H and O–H groups in total. The van der Waals surface area contributed by atoms with Crippen molar-refractivity contribution in [2.45, 2.75) is 13.3 Å². The van der Waals surface area contributed by atoms with Gasteiger partial charge < -0.3 is 15.4 Å². The zero-order valence-corrected chi connectivity index (χ0v) is 11.5. The number of nitrogens with two attached hydrogens (primary N) is 1. The number of hydrogen-bond donors (Lipinski definition) is 1. The first-order valence-electron chi connectivity index (χ1n) is 6.36. The molecular formula is C14H17FN4O. The van der Waals surface area contributed by atoms with Crippen molar-refractivity contribution in [3.05, 3.63) is 36.4 Å². The molecule has 0 aliphatic heterocycles. The molecule has 0 atom stereocenters. The molecule has 2 aromatic rings. The average molecular weight is 276 g/mol. The Balaban J connectivity index is 2.32. The second kappa shape index (κ2) is 6.18. The van der Waals surface area contributed by atoms with Crippen molar-refractivity contribution in [3.63, 3.8) is 0 Å². The van der Waals surface area contributed by atoms with E-state index >= 15 is 0 Å². The van der Waals surface area contributed by atoms with Crippen molar-refractivity contribution in [2.24, 2.45) is 0 Å². The SMILES string of the molecule is CCCOc1ncnc(N(C)c2cccc(F)c2)c1N. The van der Waals surface area contributed by atoms with Crippen LogP contribution in [0.3, 0.4) is 0 Å². The number of ether oxygens (including phenoxy) is 1. The Morgan fingerprint density at radius 1 is 1.35 bits per heavy atom. The van der Waals surface area contributed by atoms with Crippen LogP contribution in [-0.4, -0.2) is 23.6 Å². The molecule has 1 aromatic carbocycles. The quantitative estimate of drug-likeness (QED) is 0.909. The van der Waals surface area contributed by atoms with Crippen molar-refractivity contribution in [1.82, 2.24) is 9.97 Å². The van der Waals surface area contributed by atoms with E-state index in [-0.39, 0.29) is 5.82 Å². The summed E-state index contributed by atoms with van der Waals surface area (Å²) in [6.45, 7) is 2.53. The lowest BCUT2D eigenvalue weighted by molar-refractivity contribution is 0.306. The number of nitrogens with zero attached hydrogens (tertiary/aromatic N) is 3. The molecule has 6 heteroatoms. The molecule has 0 unspecified atom stereocenters. The Morgan fingerprint density at radius 3 is 2.85 bits per heavy atom. The number of rotatable bonds is 5. The Hall–Kier alpha value is -2.37. The van der Waals surface area contributed by atoms with Crippen LogP contribution in [0.1, 0.15) is 13.3 Å². The molecule has 1 heterocycles. The van der Waals surface area contributed by atoms with Gasteiger partial charge in [0.1, 0.15) is 17.8 Å². The lowest BCUT2D eigenvalue weighted by atomic mass is 10.3. The highest BCUT2D eigenvalue weighted by Gasteiger charge is 2.14. The van der Waals surface area contributed by atoms with Crippen molar-refractivity contribution in [3.8, 4) is 5.88 Å². The Kier molecular flexibility index (Phi) is 4.34. The lowest BCUT2D eigenvalue weighted by Gasteiger charge is -2.20. The third-order valence-electron chi connectivity index (χ3n) is 2.78. The molecule has 0 bridgehead atoms. The maximum atomic E-state index is 13.3. The summed E-state index contributed by atoms with van der Waals surface area (Å²) in [6.07, 6.45) is 2.24. The number of benzene rings is 1. The van der Waals surface area contributed by atoms with Gasteiger partial charge in [-0.2, -0.15) is 4.98 Å². The Morgan fingerprint density at radius 2 is 2.15 bits per heavy atom. The number of hydrogen-bond acceptors (Lipinski definition) is 5. The number of aromatic nitrogens is 2. The van der Waals surface area contributed by atoms with Crippen LogP contribution in [0.15, 0.2) is 30.6 Å². The average Bonchev–Trinajstić information content (AvgIpc) is 2.45. The summed E-state index contributed by atoms with van der Waals surface area (Å²) >= 11 is 0. The van der Waals surface area contributed by atoms with Gasteiger partial charge in [0.25, 0.3) is 0 Å². The second-order valence-corrected chi connectivity index (χ2v) is 4.30. The zero-order valence-electron chi connectivity index (χ0n) is 11.5. The van der Waals surface area contributed by atoms with E-state index in [1.807, 2.05) is 6.92 Å². The molecule has 106 valence electrons. The van der Waals surface area contributed by atoms with Crippen LogP contribution < -0.4 is 15.4 Å². The molecule has 5 nitrogen and oxygen atoms in total. The molecule has 2 rings (SSSR count). The van der Waals surface area contributed by atoms with Gasteiger partial charge in [0.2, 0.25) is 5.88 Å². The summed E-state index contributed by atoms with van der Waals surface area (Å²) in [5, 5.41) is 0. The first kappa shape index (κ1) is 14.0. The van der Waals surface area contributed by atoms with Crippen LogP contribution in [0.4, 0.5) is 21.6 Å². The molecule has 20 heavy (non-hydrogen) atoms. The predicted octanol–water partition coefficient (Wildman–Crippen LogP) is 2.75. The van der Waals surface area contributed by atoms with Gasteiger partial charge in [0.05, 0.1) is 6.61 Å². The summed E-state index contributed by atoms with van der Waals surface area (Å²) in [5.74, 6) is 0.515. The molecule has 0 aliphatic carbocycles. The fourth-order valence-electron chi connectivity index (χ4n) is 1.76. The molecule has 0 saturated heterocycles. The van der Waals surface area contributed by atoms with Crippen LogP contribution in [0, 0.1) is 5.82 Å². The van der Waals surface area contributed by atoms with E-state index in [0.717, 1.165) is 6.42 Å². The highest BCUT2D eigenvalue weighted by Crippen LogP contribution is 2.31. The third-order valence-corrected chi connectivity index (χ3v) is 2.78. The van der Waals surface area contributed by atoms with Gasteiger partial charge in [-0.15, -0.1) is 0 Å². The van der Waals surface area contributed by atoms with Gasteiger partial charge in [0, 0.05) is 12.7 Å². The van der Waals surface area contributed by atoms with E-state index in [0.29, 0.717) is 29.7 Å². The van der Waals surface area contributed by atoms with Crippen LogP contribution in [-0.2, 0) is 0 Å². The molecular weight excluding hydrogens is 259 g/mol. The van der Waals surface area contributed by atoms with Gasteiger partial charge in [-0.05, 0) is 24.6 Å². The molecule has 0 aliphatic rings. The standard InChI is InChI=1S/C14H17FN4O/c1-3-7-20-14-12(16)13(17-9-18-14)19(2)11-6-4-5-10(15)8-11/h4-6,8-9H,3,7,16H2,1-2H3.